The molecule has 0 aliphatic rings. The van der Waals surface area contributed by atoms with Crippen molar-refractivity contribution >= 4 is 33.2 Å². The lowest BCUT2D eigenvalue weighted by molar-refractivity contribution is -0.137. The van der Waals surface area contributed by atoms with E-state index in [4.69, 9.17) is 4.74 Å². The second-order valence-electron chi connectivity index (χ2n) is 6.52. The molecule has 154 valence electrons. The number of fused-ring (bicyclic) bond motifs is 1. The summed E-state index contributed by atoms with van der Waals surface area (Å²) in [5.41, 5.74) is 1.09. The zero-order valence-corrected chi connectivity index (χ0v) is 16.7. The number of thiazole rings is 1. The van der Waals surface area contributed by atoms with E-state index in [1.54, 1.807) is 24.4 Å². The van der Waals surface area contributed by atoms with Gasteiger partial charge in [-0.15, -0.1) is 11.3 Å². The smallest absolute Gasteiger partial charge is 0.416 e. The average molecular weight is 437 g/mol. The molecule has 8 heteroatoms. The number of nitrogens with zero attached hydrogens (tertiary/aromatic N) is 3. The lowest BCUT2D eigenvalue weighted by Gasteiger charge is -2.09. The quantitative estimate of drug-likeness (QED) is 0.341. The molecule has 0 bridgehead atoms. The molecular weight excluding hydrogens is 423 g/mol. The summed E-state index contributed by atoms with van der Waals surface area (Å²) in [5, 5.41) is 10.0. The predicted molar refractivity (Wildman–Crippen MR) is 113 cm³/mol. The Hall–Kier alpha value is -3.70. The second-order valence-corrected chi connectivity index (χ2v) is 7.55. The van der Waals surface area contributed by atoms with Gasteiger partial charge in [0.15, 0.2) is 0 Å². The summed E-state index contributed by atoms with van der Waals surface area (Å²) < 4.78 is 45.3. The zero-order valence-electron chi connectivity index (χ0n) is 15.9. The van der Waals surface area contributed by atoms with Gasteiger partial charge in [-0.2, -0.15) is 18.4 Å². The lowest BCUT2D eigenvalue weighted by Crippen LogP contribution is -2.03. The van der Waals surface area contributed by atoms with Crippen LogP contribution in [0, 0.1) is 11.3 Å². The van der Waals surface area contributed by atoms with Crippen LogP contribution in [0.4, 0.5) is 13.2 Å². The number of para-hydroxylation sites is 1. The minimum atomic E-state index is -4.45. The molecule has 2 aromatic heterocycles. The lowest BCUT2D eigenvalue weighted by atomic mass is 10.1. The third-order valence-electron chi connectivity index (χ3n) is 4.39. The summed E-state index contributed by atoms with van der Waals surface area (Å²) in [6.45, 7) is 0.259. The zero-order chi connectivity index (χ0) is 21.8. The summed E-state index contributed by atoms with van der Waals surface area (Å²) in [6.07, 6.45) is -1.15. The number of halogens is 3. The molecule has 0 amide bonds. The third-order valence-corrected chi connectivity index (χ3v) is 5.46. The van der Waals surface area contributed by atoms with Crippen molar-refractivity contribution < 1.29 is 17.9 Å². The predicted octanol–water partition coefficient (Wildman–Crippen LogP) is 6.35. The highest BCUT2D eigenvalue weighted by Gasteiger charge is 2.30. The molecule has 0 spiro atoms. The number of benzene rings is 2. The Labute approximate surface area is 179 Å². The van der Waals surface area contributed by atoms with Gasteiger partial charge in [-0.05, 0) is 42.5 Å². The molecule has 4 rings (SSSR count). The monoisotopic (exact) mass is 437 g/mol. The number of alkyl halides is 3. The highest BCUT2D eigenvalue weighted by molar-refractivity contribution is 7.19. The van der Waals surface area contributed by atoms with Crippen molar-refractivity contribution in [2.24, 2.45) is 0 Å². The normalized spacial score (nSPS) is 12.0. The SMILES string of the molecule is N#C/C(=C\c1ccccc1OCc1ccccn1)c1nc2cc(C(F)(F)F)ccc2s1. The molecule has 0 atom stereocenters. The Balaban J connectivity index is 1.65. The van der Waals surface area contributed by atoms with Gasteiger partial charge in [0.25, 0.3) is 0 Å². The Morgan fingerprint density at radius 2 is 1.90 bits per heavy atom. The summed E-state index contributed by atoms with van der Waals surface area (Å²) in [6, 6.07) is 18.2. The summed E-state index contributed by atoms with van der Waals surface area (Å²) in [4.78, 5) is 8.47. The first-order chi connectivity index (χ1) is 14.9. The molecule has 0 saturated heterocycles. The van der Waals surface area contributed by atoms with E-state index in [-0.39, 0.29) is 17.7 Å². The van der Waals surface area contributed by atoms with Crippen LogP contribution in [0.5, 0.6) is 5.75 Å². The van der Waals surface area contributed by atoms with E-state index in [2.05, 4.69) is 16.0 Å². The van der Waals surface area contributed by atoms with Crippen molar-refractivity contribution in [2.45, 2.75) is 12.8 Å². The molecular formula is C23H14F3N3OS. The van der Waals surface area contributed by atoms with Crippen molar-refractivity contribution in [3.05, 3.63) is 88.7 Å². The molecule has 0 N–H and O–H groups in total. The molecule has 0 unspecified atom stereocenters. The molecule has 4 nitrogen and oxygen atoms in total. The maximum Gasteiger partial charge on any atom is 0.416 e. The molecule has 0 radical (unpaired) electrons. The second kappa shape index (κ2) is 8.58. The number of aromatic nitrogens is 2. The highest BCUT2D eigenvalue weighted by atomic mass is 32.1. The molecule has 0 aliphatic heterocycles. The van der Waals surface area contributed by atoms with Crippen molar-refractivity contribution in [3.8, 4) is 11.8 Å². The van der Waals surface area contributed by atoms with Crippen LogP contribution < -0.4 is 4.74 Å². The van der Waals surface area contributed by atoms with Crippen LogP contribution in [0.25, 0.3) is 21.9 Å². The Bertz CT molecular complexity index is 1290. The van der Waals surface area contributed by atoms with Gasteiger partial charge in [-0.3, -0.25) is 4.98 Å². The first kappa shape index (κ1) is 20.6. The Kier molecular flexibility index (Phi) is 5.69. The molecule has 0 fully saturated rings. The van der Waals surface area contributed by atoms with Crippen molar-refractivity contribution in [3.63, 3.8) is 0 Å². The molecule has 4 aromatic rings. The standard InChI is InChI=1S/C23H14F3N3OS/c24-23(25,26)17-8-9-21-19(12-17)29-22(31-21)16(13-27)11-15-5-1-2-7-20(15)30-14-18-6-3-4-10-28-18/h1-12H,14H2/b16-11+. The Morgan fingerprint density at radius 1 is 1.10 bits per heavy atom. The average Bonchev–Trinajstić information content (AvgIpc) is 3.20. The fourth-order valence-corrected chi connectivity index (χ4v) is 3.79. The van der Waals surface area contributed by atoms with Crippen molar-refractivity contribution in [2.75, 3.05) is 0 Å². The minimum Gasteiger partial charge on any atom is -0.487 e. The van der Waals surface area contributed by atoms with Crippen LogP contribution in [0.2, 0.25) is 0 Å². The van der Waals surface area contributed by atoms with Crippen LogP contribution in [0.1, 0.15) is 21.8 Å². The molecule has 2 aromatic carbocycles. The molecule has 0 aliphatic carbocycles. The van der Waals surface area contributed by atoms with Crippen LogP contribution >= 0.6 is 11.3 Å². The first-order valence-electron chi connectivity index (χ1n) is 9.16. The number of rotatable bonds is 5. The van der Waals surface area contributed by atoms with E-state index >= 15 is 0 Å². The highest BCUT2D eigenvalue weighted by Crippen LogP contribution is 2.35. The van der Waals surface area contributed by atoms with E-state index in [9.17, 15) is 18.4 Å². The van der Waals surface area contributed by atoms with E-state index in [0.29, 0.717) is 21.0 Å². The van der Waals surface area contributed by atoms with E-state index in [1.807, 2.05) is 30.3 Å². The van der Waals surface area contributed by atoms with Crippen LogP contribution in [0.3, 0.4) is 0 Å². The maximum absolute atomic E-state index is 13.0. The van der Waals surface area contributed by atoms with Crippen LogP contribution in [0.15, 0.2) is 66.9 Å². The van der Waals surface area contributed by atoms with Gasteiger partial charge in [-0.1, -0.05) is 24.3 Å². The topological polar surface area (TPSA) is 58.8 Å². The number of allylic oxidation sites excluding steroid dienone is 1. The largest absolute Gasteiger partial charge is 0.487 e. The van der Waals surface area contributed by atoms with Crippen molar-refractivity contribution in [1.82, 2.24) is 9.97 Å². The van der Waals surface area contributed by atoms with Gasteiger partial charge in [0.05, 0.1) is 27.0 Å². The van der Waals surface area contributed by atoms with Crippen LogP contribution in [-0.4, -0.2) is 9.97 Å². The van der Waals surface area contributed by atoms with Crippen molar-refractivity contribution in [1.29, 1.82) is 5.26 Å². The number of nitriles is 1. The molecule has 2 heterocycles. The van der Waals surface area contributed by atoms with Gasteiger partial charge in [0.2, 0.25) is 0 Å². The van der Waals surface area contributed by atoms with E-state index < -0.39 is 11.7 Å². The fourth-order valence-electron chi connectivity index (χ4n) is 2.88. The summed E-state index contributed by atoms with van der Waals surface area (Å²) in [7, 11) is 0. The van der Waals surface area contributed by atoms with Gasteiger partial charge >= 0.3 is 6.18 Å². The van der Waals surface area contributed by atoms with Gasteiger partial charge < -0.3 is 4.74 Å². The number of ether oxygens (including phenoxy) is 1. The van der Waals surface area contributed by atoms with E-state index in [1.165, 1.54) is 6.07 Å². The summed E-state index contributed by atoms with van der Waals surface area (Å²) in [5.74, 6) is 0.557. The maximum atomic E-state index is 13.0. The first-order valence-corrected chi connectivity index (χ1v) is 9.97. The molecule has 31 heavy (non-hydrogen) atoms. The van der Waals surface area contributed by atoms with E-state index in [0.717, 1.165) is 29.2 Å². The van der Waals surface area contributed by atoms with Gasteiger partial charge in [0.1, 0.15) is 23.4 Å². The summed E-state index contributed by atoms with van der Waals surface area (Å²) >= 11 is 1.16. The third kappa shape index (κ3) is 4.73. The number of hydrogen-bond acceptors (Lipinski definition) is 5. The number of pyridine rings is 1. The number of hydrogen-bond donors (Lipinski definition) is 0. The fraction of sp³-hybridized carbons (Fsp3) is 0.0870. The van der Waals surface area contributed by atoms with Crippen LogP contribution in [-0.2, 0) is 12.8 Å². The minimum absolute atomic E-state index is 0.204. The molecule has 0 saturated carbocycles. The Morgan fingerprint density at radius 3 is 2.65 bits per heavy atom. The van der Waals surface area contributed by atoms with Gasteiger partial charge in [0, 0.05) is 11.8 Å². The van der Waals surface area contributed by atoms with Gasteiger partial charge in [-0.25, -0.2) is 4.98 Å².